The maximum absolute atomic E-state index is 12.8. The first-order valence-corrected chi connectivity index (χ1v) is 6.24. The van der Waals surface area contributed by atoms with E-state index in [1.807, 2.05) is 6.07 Å². The van der Waals surface area contributed by atoms with Crippen molar-refractivity contribution < 1.29 is 13.9 Å². The van der Waals surface area contributed by atoms with E-state index in [-0.39, 0.29) is 23.9 Å². The van der Waals surface area contributed by atoms with Gasteiger partial charge in [-0.2, -0.15) is 10.4 Å². The van der Waals surface area contributed by atoms with Crippen molar-refractivity contribution in [1.29, 1.82) is 5.26 Å². The summed E-state index contributed by atoms with van der Waals surface area (Å²) >= 11 is 5.77. The summed E-state index contributed by atoms with van der Waals surface area (Å²) in [5.41, 5.74) is 0. The molecule has 108 valence electrons. The van der Waals surface area contributed by atoms with Crippen molar-refractivity contribution >= 4 is 23.3 Å². The lowest BCUT2D eigenvalue weighted by atomic mass is 10.3. The molecule has 21 heavy (non-hydrogen) atoms. The normalized spacial score (nSPS) is 9.95. The summed E-state index contributed by atoms with van der Waals surface area (Å²) in [6.45, 7) is -0.200. The molecule has 0 fully saturated rings. The Morgan fingerprint density at radius 1 is 1.52 bits per heavy atom. The minimum absolute atomic E-state index is 0.0844. The van der Waals surface area contributed by atoms with E-state index in [9.17, 15) is 9.18 Å². The number of anilines is 1. The van der Waals surface area contributed by atoms with E-state index in [1.54, 1.807) is 12.3 Å². The third kappa shape index (κ3) is 4.19. The number of halogens is 2. The minimum Gasteiger partial charge on any atom is -0.482 e. The molecular weight excluding hydrogens is 299 g/mol. The Hall–Kier alpha value is -2.59. The quantitative estimate of drug-likeness (QED) is 0.918. The van der Waals surface area contributed by atoms with Crippen molar-refractivity contribution in [2.75, 3.05) is 11.9 Å². The van der Waals surface area contributed by atoms with Crippen LogP contribution in [0.4, 0.5) is 10.2 Å². The van der Waals surface area contributed by atoms with Crippen molar-refractivity contribution in [1.82, 2.24) is 9.78 Å². The van der Waals surface area contributed by atoms with Gasteiger partial charge in [0.2, 0.25) is 0 Å². The standard InChI is InChI=1S/C13H10ClFN4O2/c14-10-7-9(15)1-2-11(10)21-8-13(20)17-12-3-5-19(18-12)6-4-16/h1-3,5,7H,6,8H2,(H,17,18,20). The number of hydrogen-bond acceptors (Lipinski definition) is 4. The second-order valence-corrected chi connectivity index (χ2v) is 4.38. The topological polar surface area (TPSA) is 79.9 Å². The molecule has 0 aliphatic carbocycles. The first-order valence-electron chi connectivity index (χ1n) is 5.86. The third-order valence-electron chi connectivity index (χ3n) is 2.39. The number of nitriles is 1. The number of rotatable bonds is 5. The van der Waals surface area contributed by atoms with Crippen LogP contribution in [-0.4, -0.2) is 22.3 Å². The molecular formula is C13H10ClFN4O2. The Balaban J connectivity index is 1.88. The predicted molar refractivity (Wildman–Crippen MR) is 73.4 cm³/mol. The molecule has 0 aliphatic rings. The van der Waals surface area contributed by atoms with Crippen molar-refractivity contribution in [3.05, 3.63) is 41.3 Å². The van der Waals surface area contributed by atoms with E-state index in [0.29, 0.717) is 5.82 Å². The number of aromatic nitrogens is 2. The highest BCUT2D eigenvalue weighted by Gasteiger charge is 2.08. The van der Waals surface area contributed by atoms with Gasteiger partial charge in [0, 0.05) is 12.3 Å². The number of nitrogens with one attached hydrogen (secondary N) is 1. The molecule has 0 saturated carbocycles. The molecule has 1 aromatic carbocycles. The zero-order valence-corrected chi connectivity index (χ0v) is 11.5. The first kappa shape index (κ1) is 14.8. The maximum atomic E-state index is 12.8. The van der Waals surface area contributed by atoms with Gasteiger partial charge in [0.15, 0.2) is 12.4 Å². The lowest BCUT2D eigenvalue weighted by molar-refractivity contribution is -0.118. The lowest BCUT2D eigenvalue weighted by Gasteiger charge is -2.07. The van der Waals surface area contributed by atoms with Gasteiger partial charge >= 0.3 is 0 Å². The average Bonchev–Trinajstić information content (AvgIpc) is 2.85. The molecule has 2 rings (SSSR count). The zero-order valence-electron chi connectivity index (χ0n) is 10.7. The molecule has 2 aromatic rings. The van der Waals surface area contributed by atoms with Gasteiger partial charge in [-0.15, -0.1) is 0 Å². The van der Waals surface area contributed by atoms with Crippen molar-refractivity contribution in [3.8, 4) is 11.8 Å². The highest BCUT2D eigenvalue weighted by Crippen LogP contribution is 2.24. The van der Waals surface area contributed by atoms with Crippen LogP contribution >= 0.6 is 11.6 Å². The van der Waals surface area contributed by atoms with Gasteiger partial charge in [-0.3, -0.25) is 9.48 Å². The number of carbonyl (C=O) groups excluding carboxylic acids is 1. The monoisotopic (exact) mass is 308 g/mol. The minimum atomic E-state index is -0.486. The van der Waals surface area contributed by atoms with Gasteiger partial charge in [-0.05, 0) is 18.2 Å². The van der Waals surface area contributed by atoms with E-state index >= 15 is 0 Å². The average molecular weight is 309 g/mol. The Kier molecular flexibility index (Phi) is 4.74. The van der Waals surface area contributed by atoms with E-state index in [4.69, 9.17) is 21.6 Å². The Morgan fingerprint density at radius 2 is 2.33 bits per heavy atom. The summed E-state index contributed by atoms with van der Waals surface area (Å²) in [7, 11) is 0. The van der Waals surface area contributed by atoms with Gasteiger partial charge in [0.25, 0.3) is 5.91 Å². The third-order valence-corrected chi connectivity index (χ3v) is 2.69. The highest BCUT2D eigenvalue weighted by molar-refractivity contribution is 6.32. The van der Waals surface area contributed by atoms with Crippen LogP contribution in [0.2, 0.25) is 5.02 Å². The lowest BCUT2D eigenvalue weighted by Crippen LogP contribution is -2.20. The second kappa shape index (κ2) is 6.72. The fraction of sp³-hybridized carbons (Fsp3) is 0.154. The molecule has 0 radical (unpaired) electrons. The molecule has 1 amide bonds. The Morgan fingerprint density at radius 3 is 3.05 bits per heavy atom. The van der Waals surface area contributed by atoms with Gasteiger partial charge in [0.05, 0.1) is 11.1 Å². The molecule has 1 N–H and O–H groups in total. The van der Waals surface area contributed by atoms with E-state index in [2.05, 4.69) is 10.4 Å². The molecule has 0 atom stereocenters. The fourth-order valence-corrected chi connectivity index (χ4v) is 1.73. The Bertz CT molecular complexity index is 696. The predicted octanol–water partition coefficient (Wildman–Crippen LogP) is 2.22. The fourth-order valence-electron chi connectivity index (χ4n) is 1.50. The maximum Gasteiger partial charge on any atom is 0.263 e. The number of carbonyl (C=O) groups is 1. The van der Waals surface area contributed by atoms with Crippen LogP contribution < -0.4 is 10.1 Å². The van der Waals surface area contributed by atoms with E-state index in [0.717, 1.165) is 6.07 Å². The van der Waals surface area contributed by atoms with Crippen molar-refractivity contribution in [2.24, 2.45) is 0 Å². The van der Waals surface area contributed by atoms with Crippen LogP contribution in [0.3, 0.4) is 0 Å². The van der Waals surface area contributed by atoms with Crippen LogP contribution in [0, 0.1) is 17.1 Å². The van der Waals surface area contributed by atoms with Crippen molar-refractivity contribution in [3.63, 3.8) is 0 Å². The highest BCUT2D eigenvalue weighted by atomic mass is 35.5. The van der Waals surface area contributed by atoms with E-state index in [1.165, 1.54) is 16.8 Å². The summed E-state index contributed by atoms with van der Waals surface area (Å²) in [5.74, 6) is -0.412. The molecule has 0 spiro atoms. The van der Waals surface area contributed by atoms with Crippen LogP contribution in [0.1, 0.15) is 0 Å². The van der Waals surface area contributed by atoms with Gasteiger partial charge in [0.1, 0.15) is 18.1 Å². The summed E-state index contributed by atoms with van der Waals surface area (Å²) in [6.07, 6.45) is 1.57. The first-order chi connectivity index (χ1) is 10.1. The van der Waals surface area contributed by atoms with Crippen LogP contribution in [0.15, 0.2) is 30.5 Å². The number of benzene rings is 1. The number of nitrogens with zero attached hydrogens (tertiary/aromatic N) is 3. The SMILES string of the molecule is N#CCn1ccc(NC(=O)COc2ccc(F)cc2Cl)n1. The van der Waals surface area contributed by atoms with Gasteiger partial charge < -0.3 is 10.1 Å². The molecule has 0 bridgehead atoms. The molecule has 1 aromatic heterocycles. The summed E-state index contributed by atoms with van der Waals surface area (Å²) in [4.78, 5) is 11.7. The summed E-state index contributed by atoms with van der Waals surface area (Å²) in [5, 5.41) is 15.0. The second-order valence-electron chi connectivity index (χ2n) is 3.97. The number of ether oxygens (including phenoxy) is 1. The molecule has 1 heterocycles. The van der Waals surface area contributed by atoms with Gasteiger partial charge in [-0.25, -0.2) is 4.39 Å². The summed E-state index contributed by atoms with van der Waals surface area (Å²) in [6, 6.07) is 7.10. The van der Waals surface area contributed by atoms with Crippen molar-refractivity contribution in [2.45, 2.75) is 6.54 Å². The van der Waals surface area contributed by atoms with Gasteiger partial charge in [-0.1, -0.05) is 11.6 Å². The van der Waals surface area contributed by atoms with Crippen LogP contribution in [0.25, 0.3) is 0 Å². The molecule has 8 heteroatoms. The Labute approximate surface area is 124 Å². The molecule has 6 nitrogen and oxygen atoms in total. The molecule has 0 aliphatic heterocycles. The number of hydrogen-bond donors (Lipinski definition) is 1. The zero-order chi connectivity index (χ0) is 15.2. The van der Waals surface area contributed by atoms with Crippen LogP contribution in [0.5, 0.6) is 5.75 Å². The number of amides is 1. The smallest absolute Gasteiger partial charge is 0.263 e. The molecule has 0 saturated heterocycles. The van der Waals surface area contributed by atoms with E-state index < -0.39 is 11.7 Å². The molecule has 0 unspecified atom stereocenters. The summed E-state index contributed by atoms with van der Waals surface area (Å²) < 4.78 is 19.4. The largest absolute Gasteiger partial charge is 0.482 e. The van der Waals surface area contributed by atoms with Crippen LogP contribution in [-0.2, 0) is 11.3 Å².